The molecule has 0 fully saturated rings. The van der Waals surface area contributed by atoms with Crippen LogP contribution in [0.4, 0.5) is 0 Å². The number of H-pyrrole nitrogens is 1. The van der Waals surface area contributed by atoms with E-state index in [1.165, 1.54) is 6.33 Å². The van der Waals surface area contributed by atoms with Crippen LogP contribution in [0.1, 0.15) is 11.3 Å². The van der Waals surface area contributed by atoms with E-state index >= 15 is 0 Å². The maximum Gasteiger partial charge on any atom is 0.326 e. The molecule has 1 heterocycles. The maximum absolute atomic E-state index is 11.9. The Kier molecular flexibility index (Phi) is 6.86. The molecule has 0 spiro atoms. The minimum Gasteiger partial charge on any atom is -0.480 e. The van der Waals surface area contributed by atoms with E-state index in [0.29, 0.717) is 5.69 Å². The topological polar surface area (TPSA) is 150 Å². The van der Waals surface area contributed by atoms with E-state index < -0.39 is 29.9 Å². The number of hydrogen-bond acceptors (Lipinski definition) is 5. The van der Waals surface area contributed by atoms with Gasteiger partial charge in [-0.2, -0.15) is 0 Å². The average molecular weight is 359 g/mol. The Morgan fingerprint density at radius 1 is 1.19 bits per heavy atom. The highest BCUT2D eigenvalue weighted by molar-refractivity contribution is 5.89. The van der Waals surface area contributed by atoms with Crippen molar-refractivity contribution in [3.63, 3.8) is 0 Å². The van der Waals surface area contributed by atoms with Crippen LogP contribution in [0.3, 0.4) is 0 Å². The van der Waals surface area contributed by atoms with Gasteiger partial charge >= 0.3 is 5.97 Å². The molecule has 9 heteroatoms. The number of hydrogen-bond donors (Lipinski definition) is 5. The van der Waals surface area contributed by atoms with Crippen molar-refractivity contribution in [2.24, 2.45) is 5.73 Å². The summed E-state index contributed by atoms with van der Waals surface area (Å²) in [5.74, 6) is -2.26. The second-order valence-electron chi connectivity index (χ2n) is 5.75. The van der Waals surface area contributed by atoms with Gasteiger partial charge in [-0.15, -0.1) is 0 Å². The fourth-order valence-corrected chi connectivity index (χ4v) is 2.32. The number of aliphatic carboxylic acids is 1. The lowest BCUT2D eigenvalue weighted by Crippen LogP contribution is -2.49. The molecule has 0 aliphatic heterocycles. The standard InChI is InChI=1S/C17H21N5O4/c18-13(7-12-8-19-10-21-12)16(24)20-9-15(23)22-14(17(25)26)6-11-4-2-1-3-5-11/h1-5,8,10,13-14H,6-7,9,18H2,(H,19,21)(H,20,24)(H,22,23)(H,25,26)/t13-,14-/m0/s1. The van der Waals surface area contributed by atoms with Crippen LogP contribution in [-0.4, -0.2) is 51.5 Å². The summed E-state index contributed by atoms with van der Waals surface area (Å²) < 4.78 is 0. The quantitative estimate of drug-likeness (QED) is 0.396. The van der Waals surface area contributed by atoms with Crippen molar-refractivity contribution in [1.29, 1.82) is 0 Å². The van der Waals surface area contributed by atoms with Gasteiger partial charge in [-0.25, -0.2) is 9.78 Å². The fourth-order valence-electron chi connectivity index (χ4n) is 2.32. The third kappa shape index (κ3) is 6.02. The highest BCUT2D eigenvalue weighted by atomic mass is 16.4. The predicted molar refractivity (Wildman–Crippen MR) is 93.0 cm³/mol. The van der Waals surface area contributed by atoms with Crippen LogP contribution in [0.2, 0.25) is 0 Å². The number of imidazole rings is 1. The number of benzene rings is 1. The molecule has 2 rings (SSSR count). The van der Waals surface area contributed by atoms with Crippen LogP contribution < -0.4 is 16.4 Å². The zero-order valence-electron chi connectivity index (χ0n) is 14.0. The number of amides is 2. The van der Waals surface area contributed by atoms with E-state index in [9.17, 15) is 19.5 Å². The molecular weight excluding hydrogens is 338 g/mol. The number of aromatic amines is 1. The number of carboxylic acids is 1. The first kappa shape index (κ1) is 19.1. The van der Waals surface area contributed by atoms with Gasteiger partial charge in [0.25, 0.3) is 0 Å². The van der Waals surface area contributed by atoms with Crippen LogP contribution in [-0.2, 0) is 27.2 Å². The molecule has 0 bridgehead atoms. The molecule has 0 aliphatic carbocycles. The number of nitrogens with one attached hydrogen (secondary N) is 3. The van der Waals surface area contributed by atoms with Crippen molar-refractivity contribution < 1.29 is 19.5 Å². The normalized spacial score (nSPS) is 12.8. The minimum atomic E-state index is -1.15. The Hall–Kier alpha value is -3.20. The van der Waals surface area contributed by atoms with Crippen LogP contribution in [0, 0.1) is 0 Å². The van der Waals surface area contributed by atoms with Crippen LogP contribution in [0.5, 0.6) is 0 Å². The van der Waals surface area contributed by atoms with Gasteiger partial charge in [0, 0.05) is 24.7 Å². The van der Waals surface area contributed by atoms with Gasteiger partial charge < -0.3 is 26.5 Å². The smallest absolute Gasteiger partial charge is 0.326 e. The summed E-state index contributed by atoms with van der Waals surface area (Å²) in [4.78, 5) is 41.9. The molecule has 0 unspecified atom stereocenters. The van der Waals surface area contributed by atoms with Crippen LogP contribution >= 0.6 is 0 Å². The molecule has 0 saturated carbocycles. The van der Waals surface area contributed by atoms with E-state index in [1.54, 1.807) is 30.5 Å². The SMILES string of the molecule is N[C@@H](Cc1cnc[nH]1)C(=O)NCC(=O)N[C@@H](Cc1ccccc1)C(=O)O. The summed E-state index contributed by atoms with van der Waals surface area (Å²) in [6.07, 6.45) is 3.43. The van der Waals surface area contributed by atoms with Gasteiger partial charge in [0.1, 0.15) is 6.04 Å². The Morgan fingerprint density at radius 2 is 1.92 bits per heavy atom. The largest absolute Gasteiger partial charge is 0.480 e. The first-order valence-corrected chi connectivity index (χ1v) is 8.02. The molecule has 2 amide bonds. The zero-order valence-corrected chi connectivity index (χ0v) is 14.0. The number of nitrogens with two attached hydrogens (primary N) is 1. The molecule has 138 valence electrons. The highest BCUT2D eigenvalue weighted by Gasteiger charge is 2.21. The molecule has 0 saturated heterocycles. The molecule has 2 atom stereocenters. The Bertz CT molecular complexity index is 733. The number of nitrogens with zero attached hydrogens (tertiary/aromatic N) is 1. The summed E-state index contributed by atoms with van der Waals surface area (Å²) in [7, 11) is 0. The number of carboxylic acid groups (broad SMARTS) is 1. The number of rotatable bonds is 9. The van der Waals surface area contributed by atoms with E-state index in [1.807, 2.05) is 6.07 Å². The predicted octanol–water partition coefficient (Wildman–Crippen LogP) is -0.792. The third-order valence-electron chi connectivity index (χ3n) is 3.67. The van der Waals surface area contributed by atoms with Crippen molar-refractivity contribution in [3.05, 3.63) is 54.1 Å². The van der Waals surface area contributed by atoms with Gasteiger partial charge in [0.05, 0.1) is 18.9 Å². The molecule has 0 radical (unpaired) electrons. The van der Waals surface area contributed by atoms with Gasteiger partial charge in [-0.05, 0) is 5.56 Å². The monoisotopic (exact) mass is 359 g/mol. The number of aromatic nitrogens is 2. The Balaban J connectivity index is 1.80. The van der Waals surface area contributed by atoms with Crippen molar-refractivity contribution in [2.45, 2.75) is 24.9 Å². The lowest BCUT2D eigenvalue weighted by atomic mass is 10.1. The van der Waals surface area contributed by atoms with Crippen molar-refractivity contribution in [1.82, 2.24) is 20.6 Å². The van der Waals surface area contributed by atoms with E-state index in [0.717, 1.165) is 5.56 Å². The number of carbonyl (C=O) groups excluding carboxylic acids is 2. The first-order valence-electron chi connectivity index (χ1n) is 8.02. The zero-order chi connectivity index (χ0) is 18.9. The van der Waals surface area contributed by atoms with Crippen molar-refractivity contribution in [2.75, 3.05) is 6.54 Å². The average Bonchev–Trinajstić information content (AvgIpc) is 3.12. The van der Waals surface area contributed by atoms with E-state index in [4.69, 9.17) is 5.73 Å². The van der Waals surface area contributed by atoms with Gasteiger partial charge in [-0.3, -0.25) is 9.59 Å². The summed E-state index contributed by atoms with van der Waals surface area (Å²) in [5.41, 5.74) is 7.24. The second kappa shape index (κ2) is 9.33. The lowest BCUT2D eigenvalue weighted by molar-refractivity contribution is -0.141. The molecule has 1 aromatic heterocycles. The van der Waals surface area contributed by atoms with Crippen molar-refractivity contribution in [3.8, 4) is 0 Å². The summed E-state index contributed by atoms with van der Waals surface area (Å²) in [6, 6.07) is 7.02. The van der Waals surface area contributed by atoms with E-state index in [2.05, 4.69) is 20.6 Å². The molecule has 2 aromatic rings. The molecule has 9 nitrogen and oxygen atoms in total. The third-order valence-corrected chi connectivity index (χ3v) is 3.67. The Morgan fingerprint density at radius 3 is 2.54 bits per heavy atom. The second-order valence-corrected chi connectivity index (χ2v) is 5.75. The fraction of sp³-hybridized carbons (Fsp3) is 0.294. The molecular formula is C17H21N5O4. The highest BCUT2D eigenvalue weighted by Crippen LogP contribution is 2.03. The maximum atomic E-state index is 11.9. The Labute approximate surface area is 150 Å². The van der Waals surface area contributed by atoms with Gasteiger partial charge in [0.15, 0.2) is 0 Å². The molecule has 1 aromatic carbocycles. The van der Waals surface area contributed by atoms with Gasteiger partial charge in [-0.1, -0.05) is 30.3 Å². The number of carbonyl (C=O) groups is 3. The summed E-state index contributed by atoms with van der Waals surface area (Å²) in [5, 5.41) is 14.1. The van der Waals surface area contributed by atoms with Gasteiger partial charge in [0.2, 0.25) is 11.8 Å². The van der Waals surface area contributed by atoms with Crippen LogP contribution in [0.15, 0.2) is 42.9 Å². The summed E-state index contributed by atoms with van der Waals surface area (Å²) in [6.45, 7) is -0.353. The van der Waals surface area contributed by atoms with Crippen LogP contribution in [0.25, 0.3) is 0 Å². The summed E-state index contributed by atoms with van der Waals surface area (Å²) >= 11 is 0. The van der Waals surface area contributed by atoms with Crippen molar-refractivity contribution >= 4 is 17.8 Å². The molecule has 6 N–H and O–H groups in total. The molecule has 26 heavy (non-hydrogen) atoms. The molecule has 0 aliphatic rings. The first-order chi connectivity index (χ1) is 12.5. The lowest BCUT2D eigenvalue weighted by Gasteiger charge is -2.16. The van der Waals surface area contributed by atoms with E-state index in [-0.39, 0.29) is 19.4 Å². The minimum absolute atomic E-state index is 0.148.